The molecular weight excluding hydrogens is 245 g/mol. The molecule has 0 saturated carbocycles. The van der Waals surface area contributed by atoms with Crippen LogP contribution in [0.4, 0.5) is 0 Å². The maximum absolute atomic E-state index is 4.63. The fourth-order valence-corrected chi connectivity index (χ4v) is 1.41. The van der Waals surface area contributed by atoms with Crippen LogP contribution in [0.25, 0.3) is 5.32 Å². The van der Waals surface area contributed by atoms with Gasteiger partial charge in [0.05, 0.1) is 0 Å². The summed E-state index contributed by atoms with van der Waals surface area (Å²) in [4.78, 5) is 6.76. The molecule has 0 heterocycles. The van der Waals surface area contributed by atoms with Crippen molar-refractivity contribution in [3.63, 3.8) is 0 Å². The van der Waals surface area contributed by atoms with E-state index in [2.05, 4.69) is 63.9 Å². The molecule has 0 spiro atoms. The Hall–Kier alpha value is -0.0635. The van der Waals surface area contributed by atoms with Gasteiger partial charge in [-0.05, 0) is 38.6 Å². The van der Waals surface area contributed by atoms with Crippen LogP contribution in [0.5, 0.6) is 0 Å². The van der Waals surface area contributed by atoms with Crippen LogP contribution in [-0.2, 0) is 16.8 Å². The van der Waals surface area contributed by atoms with Gasteiger partial charge < -0.3 is 15.2 Å². The van der Waals surface area contributed by atoms with Gasteiger partial charge in [0, 0.05) is 16.8 Å². The third-order valence-corrected chi connectivity index (χ3v) is 1.78. The Morgan fingerprint density at radius 2 is 1.81 bits per heavy atom. The quantitative estimate of drug-likeness (QED) is 0.571. The van der Waals surface area contributed by atoms with E-state index >= 15 is 0 Å². The summed E-state index contributed by atoms with van der Waals surface area (Å²) in [7, 11) is 4.14. The zero-order chi connectivity index (χ0) is 12.1. The molecule has 4 heteroatoms. The van der Waals surface area contributed by atoms with Crippen molar-refractivity contribution in [1.82, 2.24) is 4.90 Å². The molecule has 0 saturated heterocycles. The van der Waals surface area contributed by atoms with Gasteiger partial charge in [0.15, 0.2) is 0 Å². The van der Waals surface area contributed by atoms with Gasteiger partial charge in [-0.15, -0.1) is 0 Å². The van der Waals surface area contributed by atoms with Gasteiger partial charge in [0.1, 0.15) is 0 Å². The molecular formula is C12H26CoN3-. The summed E-state index contributed by atoms with van der Waals surface area (Å²) in [6, 6.07) is 0.320. The molecule has 0 aliphatic rings. The second-order valence-corrected chi connectivity index (χ2v) is 5.29. The number of hydrogen-bond donors (Lipinski definition) is 0. The van der Waals surface area contributed by atoms with Crippen molar-refractivity contribution in [1.29, 1.82) is 0 Å². The van der Waals surface area contributed by atoms with Crippen LogP contribution < -0.4 is 0 Å². The van der Waals surface area contributed by atoms with Crippen LogP contribution in [0.15, 0.2) is 4.99 Å². The first-order valence-corrected chi connectivity index (χ1v) is 5.69. The van der Waals surface area contributed by atoms with Crippen LogP contribution in [0.3, 0.4) is 0 Å². The average molecular weight is 271 g/mol. The van der Waals surface area contributed by atoms with Crippen molar-refractivity contribution in [2.45, 2.75) is 52.6 Å². The van der Waals surface area contributed by atoms with Gasteiger partial charge in [-0.3, -0.25) is 0 Å². The molecule has 0 amide bonds. The molecule has 0 aromatic rings. The van der Waals surface area contributed by atoms with Gasteiger partial charge in [-0.1, -0.05) is 40.5 Å². The molecule has 3 nitrogen and oxygen atoms in total. The monoisotopic (exact) mass is 271 g/mol. The van der Waals surface area contributed by atoms with Crippen LogP contribution in [-0.4, -0.2) is 43.0 Å². The first kappa shape index (κ1) is 18.3. The van der Waals surface area contributed by atoms with Gasteiger partial charge >= 0.3 is 0 Å². The van der Waals surface area contributed by atoms with E-state index in [0.717, 1.165) is 18.8 Å². The van der Waals surface area contributed by atoms with Crippen LogP contribution in [0.2, 0.25) is 0 Å². The maximum atomic E-state index is 4.63. The number of likely N-dealkylation sites (N-methyl/N-ethyl adjacent to an activating group) is 1. The third kappa shape index (κ3) is 10.5. The summed E-state index contributed by atoms with van der Waals surface area (Å²) in [6.45, 7) is 11.5. The van der Waals surface area contributed by atoms with Crippen molar-refractivity contribution >= 4 is 5.84 Å². The van der Waals surface area contributed by atoms with Crippen LogP contribution >= 0.6 is 0 Å². The zero-order valence-electron chi connectivity index (χ0n) is 11.7. The van der Waals surface area contributed by atoms with E-state index in [1.165, 1.54) is 0 Å². The predicted molar refractivity (Wildman–Crippen MR) is 68.9 cm³/mol. The van der Waals surface area contributed by atoms with E-state index in [1.807, 2.05) is 0 Å². The van der Waals surface area contributed by atoms with E-state index in [1.54, 1.807) is 0 Å². The second kappa shape index (κ2) is 8.09. The molecule has 99 valence electrons. The molecule has 1 radical (unpaired) electrons. The molecule has 0 aromatic carbocycles. The third-order valence-electron chi connectivity index (χ3n) is 1.78. The van der Waals surface area contributed by atoms with E-state index in [4.69, 9.17) is 0 Å². The fraction of sp³-hybridized carbons (Fsp3) is 0.917. The SMILES string of the molecule is CCC(=NC(C)(C)C)[N-]C(C)CN(C)C.[Co]. The maximum Gasteiger partial charge on any atom is 0 e. The molecule has 0 fully saturated rings. The van der Waals surface area contributed by atoms with Gasteiger partial charge in [0.25, 0.3) is 0 Å². The summed E-state index contributed by atoms with van der Waals surface area (Å²) in [5, 5.41) is 4.63. The first-order chi connectivity index (χ1) is 6.74. The van der Waals surface area contributed by atoms with Crippen molar-refractivity contribution in [3.05, 3.63) is 5.32 Å². The Balaban J connectivity index is 0. The predicted octanol–water partition coefficient (Wildman–Crippen LogP) is 2.91. The Bertz CT molecular complexity index is 207. The van der Waals surface area contributed by atoms with Gasteiger partial charge in [-0.2, -0.15) is 0 Å². The average Bonchev–Trinajstić information content (AvgIpc) is 1.98. The van der Waals surface area contributed by atoms with Gasteiger partial charge in [0.2, 0.25) is 0 Å². The van der Waals surface area contributed by atoms with Crippen molar-refractivity contribution < 1.29 is 16.8 Å². The summed E-state index contributed by atoms with van der Waals surface area (Å²) in [6.07, 6.45) is 0.912. The molecule has 16 heavy (non-hydrogen) atoms. The number of aliphatic imine (C=N–C) groups is 1. The van der Waals surface area contributed by atoms with E-state index in [-0.39, 0.29) is 22.3 Å². The van der Waals surface area contributed by atoms with E-state index in [0.29, 0.717) is 6.04 Å². The van der Waals surface area contributed by atoms with Gasteiger partial charge in [-0.25, -0.2) is 0 Å². The molecule has 0 rings (SSSR count). The molecule has 1 unspecified atom stereocenters. The van der Waals surface area contributed by atoms with Crippen LogP contribution in [0.1, 0.15) is 41.0 Å². The largest absolute Gasteiger partial charge is 0.465 e. The van der Waals surface area contributed by atoms with Crippen molar-refractivity contribution in [2.75, 3.05) is 20.6 Å². The number of hydrogen-bond acceptors (Lipinski definition) is 2. The normalized spacial score (nSPS) is 14.6. The molecule has 0 N–H and O–H groups in total. The molecule has 0 bridgehead atoms. The topological polar surface area (TPSA) is 29.7 Å². The Morgan fingerprint density at radius 3 is 2.12 bits per heavy atom. The minimum absolute atomic E-state index is 0. The summed E-state index contributed by atoms with van der Waals surface area (Å²) >= 11 is 0. The molecule has 0 aliphatic heterocycles. The fourth-order valence-electron chi connectivity index (χ4n) is 1.41. The zero-order valence-corrected chi connectivity index (χ0v) is 12.7. The van der Waals surface area contributed by atoms with Crippen molar-refractivity contribution in [2.24, 2.45) is 4.99 Å². The molecule has 1 atom stereocenters. The molecule has 0 aliphatic carbocycles. The first-order valence-electron chi connectivity index (χ1n) is 5.69. The summed E-state index contributed by atoms with van der Waals surface area (Å²) < 4.78 is 0. The Kier molecular flexibility index (Phi) is 9.26. The Labute approximate surface area is 111 Å². The number of rotatable bonds is 4. The smallest absolute Gasteiger partial charge is 0 e. The minimum Gasteiger partial charge on any atom is -0.465 e. The van der Waals surface area contributed by atoms with Crippen LogP contribution in [0, 0.1) is 0 Å². The van der Waals surface area contributed by atoms with Crippen molar-refractivity contribution in [3.8, 4) is 0 Å². The molecule has 0 aromatic heterocycles. The van der Waals surface area contributed by atoms with E-state index in [9.17, 15) is 0 Å². The Morgan fingerprint density at radius 1 is 1.31 bits per heavy atom. The summed E-state index contributed by atoms with van der Waals surface area (Å²) in [5.41, 5.74) is -0.0212. The number of nitrogens with zero attached hydrogens (tertiary/aromatic N) is 3. The minimum atomic E-state index is -0.0212. The standard InChI is InChI=1S/C12H26N3.Co/c1-8-11(14-12(3,4)5)13-10(2)9-15(6)7;/h10H,8-9H2,1-7H3;/q-1;. The summed E-state index contributed by atoms with van der Waals surface area (Å²) in [5.74, 6) is 0.983. The second-order valence-electron chi connectivity index (χ2n) is 5.29. The van der Waals surface area contributed by atoms with E-state index < -0.39 is 0 Å². The number of amidine groups is 1.